The number of hydrogen-bond acceptors (Lipinski definition) is 9. The van der Waals surface area contributed by atoms with Gasteiger partial charge in [-0.15, -0.1) is 0 Å². The number of piperidine rings is 2. The van der Waals surface area contributed by atoms with Gasteiger partial charge in [-0.25, -0.2) is 14.8 Å². The maximum absolute atomic E-state index is 13.5. The first-order valence-corrected chi connectivity index (χ1v) is 20.7. The molecule has 3 fully saturated rings. The topological polar surface area (TPSA) is 148 Å². The Morgan fingerprint density at radius 1 is 0.983 bits per heavy atom. The number of hydrogen-bond donors (Lipinski definition) is 2. The van der Waals surface area contributed by atoms with Gasteiger partial charge in [0.1, 0.15) is 34.5 Å². The Morgan fingerprint density at radius 2 is 1.72 bits per heavy atom. The summed E-state index contributed by atoms with van der Waals surface area (Å²) in [5, 5.41) is 5.08. The van der Waals surface area contributed by atoms with Crippen LogP contribution in [0.1, 0.15) is 99.1 Å². The van der Waals surface area contributed by atoms with Crippen molar-refractivity contribution in [2.24, 2.45) is 13.0 Å². The average molecular weight is 830 g/mol. The van der Waals surface area contributed by atoms with Gasteiger partial charge < -0.3 is 24.3 Å². The van der Waals surface area contributed by atoms with Crippen LogP contribution >= 0.6 is 0 Å². The van der Waals surface area contributed by atoms with Crippen molar-refractivity contribution in [1.82, 2.24) is 33.7 Å². The van der Waals surface area contributed by atoms with Crippen LogP contribution in [-0.2, 0) is 22.8 Å². The van der Waals surface area contributed by atoms with Crippen molar-refractivity contribution >= 4 is 45.8 Å². The summed E-state index contributed by atoms with van der Waals surface area (Å²) in [5.41, 5.74) is 2.59. The van der Waals surface area contributed by atoms with E-state index >= 15 is 0 Å². The van der Waals surface area contributed by atoms with Gasteiger partial charge in [-0.05, 0) is 96.0 Å². The van der Waals surface area contributed by atoms with Crippen molar-refractivity contribution in [3.05, 3.63) is 82.4 Å². The van der Waals surface area contributed by atoms with Crippen LogP contribution in [0.15, 0.2) is 59.7 Å². The van der Waals surface area contributed by atoms with Gasteiger partial charge in [0.25, 0.3) is 5.91 Å². The number of alkyl halides is 3. The number of pyridine rings is 2. The van der Waals surface area contributed by atoms with Crippen LogP contribution < -0.4 is 26.0 Å². The molecule has 60 heavy (non-hydrogen) atoms. The normalized spacial score (nSPS) is 20.7. The third-order valence-corrected chi connectivity index (χ3v) is 12.3. The number of imidazole rings is 2. The molecule has 2 saturated heterocycles. The summed E-state index contributed by atoms with van der Waals surface area (Å²) in [5.74, 6) is -0.364. The number of rotatable bonds is 10. The molecule has 3 amide bonds. The molecule has 318 valence electrons. The molecule has 1 atom stereocenters. The molecule has 0 radical (unpaired) electrons. The van der Waals surface area contributed by atoms with Crippen LogP contribution in [0.25, 0.3) is 16.7 Å². The molecule has 1 aromatic carbocycles. The Hall–Kier alpha value is -5.71. The van der Waals surface area contributed by atoms with Crippen molar-refractivity contribution in [3.63, 3.8) is 0 Å². The Bertz CT molecular complexity index is 2490. The van der Waals surface area contributed by atoms with E-state index in [2.05, 4.69) is 32.5 Å². The third-order valence-electron chi connectivity index (χ3n) is 12.3. The number of carbonyl (C=O) groups is 3. The molecule has 8 rings (SSSR count). The first kappa shape index (κ1) is 41.0. The molecule has 5 aromatic rings. The molecule has 2 aliphatic heterocycles. The Kier molecular flexibility index (Phi) is 11.2. The summed E-state index contributed by atoms with van der Waals surface area (Å²) >= 11 is 0. The van der Waals surface area contributed by atoms with Crippen LogP contribution in [0, 0.1) is 5.92 Å². The molecule has 2 N–H and O–H groups in total. The number of amides is 3. The average Bonchev–Trinajstić information content (AvgIpc) is 3.74. The van der Waals surface area contributed by atoms with E-state index in [4.69, 9.17) is 9.72 Å². The quantitative estimate of drug-likeness (QED) is 0.155. The number of aromatic nitrogens is 5. The Morgan fingerprint density at radius 3 is 2.42 bits per heavy atom. The number of aryl methyl sites for hydroxylation is 1. The van der Waals surface area contributed by atoms with Crippen molar-refractivity contribution in [2.75, 3.05) is 36.9 Å². The van der Waals surface area contributed by atoms with E-state index < -0.39 is 29.7 Å². The van der Waals surface area contributed by atoms with Crippen LogP contribution in [0.2, 0.25) is 0 Å². The van der Waals surface area contributed by atoms with E-state index in [0.29, 0.717) is 41.0 Å². The van der Waals surface area contributed by atoms with Crippen LogP contribution in [0.3, 0.4) is 0 Å². The highest BCUT2D eigenvalue weighted by atomic mass is 19.4. The van der Waals surface area contributed by atoms with Gasteiger partial charge in [-0.2, -0.15) is 13.2 Å². The summed E-state index contributed by atoms with van der Waals surface area (Å²) in [4.78, 5) is 64.4. The van der Waals surface area contributed by atoms with Crippen molar-refractivity contribution < 1.29 is 32.3 Å². The van der Waals surface area contributed by atoms with E-state index in [9.17, 15) is 32.3 Å². The number of ether oxygens (including phenoxy) is 1. The molecule has 3 aliphatic rings. The van der Waals surface area contributed by atoms with Gasteiger partial charge in [0.2, 0.25) is 11.8 Å². The molecule has 6 heterocycles. The number of imide groups is 1. The highest BCUT2D eigenvalue weighted by molar-refractivity contribution is 6.04. The molecule has 1 saturated carbocycles. The van der Waals surface area contributed by atoms with Gasteiger partial charge in [0.05, 0.1) is 28.5 Å². The predicted molar refractivity (Wildman–Crippen MR) is 219 cm³/mol. The molecule has 1 aliphatic carbocycles. The Balaban J connectivity index is 0.880. The predicted octanol–water partition coefficient (Wildman–Crippen LogP) is 6.29. The summed E-state index contributed by atoms with van der Waals surface area (Å²) in [6, 6.07) is 10.5. The highest BCUT2D eigenvalue weighted by Gasteiger charge is 2.35. The van der Waals surface area contributed by atoms with Crippen molar-refractivity contribution in [3.8, 4) is 5.75 Å². The lowest BCUT2D eigenvalue weighted by Gasteiger charge is -2.40. The summed E-state index contributed by atoms with van der Waals surface area (Å²) in [7, 11) is 3.96. The maximum atomic E-state index is 13.5. The zero-order valence-corrected chi connectivity index (χ0v) is 34.2. The largest absolute Gasteiger partial charge is 0.489 e. The molecule has 17 heteroatoms. The monoisotopic (exact) mass is 829 g/mol. The van der Waals surface area contributed by atoms with E-state index in [0.717, 1.165) is 87.2 Å². The fourth-order valence-corrected chi connectivity index (χ4v) is 9.23. The lowest BCUT2D eigenvalue weighted by molar-refractivity contribution is -0.141. The minimum Gasteiger partial charge on any atom is -0.489 e. The molecule has 14 nitrogen and oxygen atoms in total. The number of halogens is 3. The third kappa shape index (κ3) is 8.23. The number of nitrogens with one attached hydrogen (secondary N) is 2. The number of carbonyl (C=O) groups excluding carboxylic acids is 3. The van der Waals surface area contributed by atoms with Crippen molar-refractivity contribution in [1.29, 1.82) is 0 Å². The summed E-state index contributed by atoms with van der Waals surface area (Å²) < 4.78 is 50.8. The standard InChI is InChI=1S/C43H50F3N9O5/c1-25(2)60-35-21-37-48-30(23-54(37)24-31(35)49-40(57)29-7-5-10-36(47-29)43(44,45)46)27-13-11-26(12-14-27)22-51(3)28-17-19-53(20-18-28)32-8-6-9-33-39(32)52(4)42(59)55(33)34-15-16-38(56)50-41(34)58/h5-10,21,23-28,34H,11-20,22H2,1-4H3,(H,49,57)(H,50,56,58). The SMILES string of the molecule is CC(C)Oc1cc2nc(C3CCC(CN(C)C4CCN(c5cccc6c5n(C)c(=O)n6C5CCC(=O)NC5=O)CC4)CC3)cn2cc1NC(=O)c1cccc(C(F)(F)F)n1. The second-order valence-electron chi connectivity index (χ2n) is 16.7. The fourth-order valence-electron chi connectivity index (χ4n) is 9.23. The number of benzene rings is 1. The number of fused-ring (bicyclic) bond motifs is 2. The first-order valence-electron chi connectivity index (χ1n) is 20.7. The summed E-state index contributed by atoms with van der Waals surface area (Å²) in [6.45, 7) is 6.37. The zero-order chi connectivity index (χ0) is 42.5. The van der Waals surface area contributed by atoms with Crippen molar-refractivity contribution in [2.45, 2.75) is 95.5 Å². The second-order valence-corrected chi connectivity index (χ2v) is 16.7. The lowest BCUT2D eigenvalue weighted by atomic mass is 9.80. The van der Waals surface area contributed by atoms with Gasteiger partial charge in [-0.1, -0.05) is 12.1 Å². The van der Waals surface area contributed by atoms with Gasteiger partial charge in [0, 0.05) is 63.5 Å². The lowest BCUT2D eigenvalue weighted by Crippen LogP contribution is -2.45. The second kappa shape index (κ2) is 16.4. The molecule has 4 aromatic heterocycles. The Labute approximate surface area is 344 Å². The zero-order valence-electron chi connectivity index (χ0n) is 34.2. The number of nitrogens with zero attached hydrogens (tertiary/aromatic N) is 7. The molecule has 0 spiro atoms. The maximum Gasteiger partial charge on any atom is 0.433 e. The summed E-state index contributed by atoms with van der Waals surface area (Å²) in [6.07, 6.45) is 5.28. The van der Waals surface area contributed by atoms with Crippen LogP contribution in [-0.4, -0.2) is 85.0 Å². The minimum atomic E-state index is -4.68. The molecule has 1 unspecified atom stereocenters. The highest BCUT2D eigenvalue weighted by Crippen LogP contribution is 2.38. The van der Waals surface area contributed by atoms with Crippen LogP contribution in [0.4, 0.5) is 24.5 Å². The molecular weight excluding hydrogens is 780 g/mol. The van der Waals surface area contributed by atoms with E-state index in [1.165, 1.54) is 10.6 Å². The molecule has 0 bridgehead atoms. The minimum absolute atomic E-state index is 0.197. The van der Waals surface area contributed by atoms with E-state index in [1.54, 1.807) is 23.9 Å². The van der Waals surface area contributed by atoms with Crippen LogP contribution in [0.5, 0.6) is 5.75 Å². The fraction of sp³-hybridized carbons (Fsp3) is 0.488. The number of anilines is 2. The van der Waals surface area contributed by atoms with E-state index in [-0.39, 0.29) is 35.7 Å². The van der Waals surface area contributed by atoms with E-state index in [1.807, 2.05) is 42.6 Å². The first-order chi connectivity index (χ1) is 28.6. The van der Waals surface area contributed by atoms with Gasteiger partial charge in [0.15, 0.2) is 0 Å². The number of para-hydroxylation sites is 1. The van der Waals surface area contributed by atoms with Gasteiger partial charge in [-0.3, -0.25) is 28.8 Å². The smallest absolute Gasteiger partial charge is 0.433 e. The van der Waals surface area contributed by atoms with Gasteiger partial charge >= 0.3 is 11.9 Å². The molecular formula is C43H50F3N9O5.